The highest BCUT2D eigenvalue weighted by Gasteiger charge is 2.12. The number of hydrogen-bond acceptors (Lipinski definition) is 1. The van der Waals surface area contributed by atoms with E-state index in [0.717, 1.165) is 18.5 Å². The van der Waals surface area contributed by atoms with Gasteiger partial charge in [-0.3, -0.25) is 0 Å². The van der Waals surface area contributed by atoms with Crippen molar-refractivity contribution in [2.45, 2.75) is 33.7 Å². The van der Waals surface area contributed by atoms with E-state index in [1.165, 1.54) is 22.5 Å². The zero-order valence-electron chi connectivity index (χ0n) is 13.4. The van der Waals surface area contributed by atoms with Gasteiger partial charge >= 0.3 is 0 Å². The van der Waals surface area contributed by atoms with E-state index in [0.29, 0.717) is 5.92 Å². The van der Waals surface area contributed by atoms with Crippen molar-refractivity contribution in [3.05, 3.63) is 65.5 Å². The zero-order valence-corrected chi connectivity index (χ0v) is 14.2. The highest BCUT2D eigenvalue weighted by molar-refractivity contribution is 5.85. The van der Waals surface area contributed by atoms with Crippen LogP contribution in [0, 0.1) is 12.8 Å². The van der Waals surface area contributed by atoms with Gasteiger partial charge in [-0.15, -0.1) is 12.4 Å². The van der Waals surface area contributed by atoms with Gasteiger partial charge in [0.1, 0.15) is 5.82 Å². The molecule has 3 heteroatoms. The second-order valence-electron chi connectivity index (χ2n) is 6.19. The van der Waals surface area contributed by atoms with Crippen molar-refractivity contribution >= 4 is 23.4 Å². The Kier molecular flexibility index (Phi) is 5.25. The van der Waals surface area contributed by atoms with Gasteiger partial charge in [-0.25, -0.2) is 4.98 Å². The summed E-state index contributed by atoms with van der Waals surface area (Å²) in [6, 6.07) is 17.2. The first kappa shape index (κ1) is 16.6. The predicted octanol–water partition coefficient (Wildman–Crippen LogP) is 5.01. The summed E-state index contributed by atoms with van der Waals surface area (Å²) < 4.78 is 2.37. The monoisotopic (exact) mass is 314 g/mol. The molecule has 0 unspecified atom stereocenters. The Hall–Kier alpha value is -1.80. The second-order valence-corrected chi connectivity index (χ2v) is 6.19. The summed E-state index contributed by atoms with van der Waals surface area (Å²) in [6.45, 7) is 7.53. The molecule has 0 bridgehead atoms. The van der Waals surface area contributed by atoms with Crippen LogP contribution in [0.1, 0.15) is 30.8 Å². The number of aromatic nitrogens is 2. The van der Waals surface area contributed by atoms with Crippen LogP contribution in [0.15, 0.2) is 48.5 Å². The first-order valence-electron chi connectivity index (χ1n) is 7.63. The standard InChI is InChI=1S/C19H22N2.ClH/c1-14(2)11-19-20-17-9-4-5-10-18(17)21(19)13-16-8-6-7-15(3)12-16;/h4-10,12,14H,11,13H2,1-3H3;1H. The molecule has 0 atom stereocenters. The van der Waals surface area contributed by atoms with Gasteiger partial charge in [0.25, 0.3) is 0 Å². The van der Waals surface area contributed by atoms with Crippen molar-refractivity contribution in [2.24, 2.45) is 5.92 Å². The summed E-state index contributed by atoms with van der Waals surface area (Å²) in [5, 5.41) is 0. The average molecular weight is 315 g/mol. The van der Waals surface area contributed by atoms with Gasteiger partial charge in [0.2, 0.25) is 0 Å². The lowest BCUT2D eigenvalue weighted by Gasteiger charge is -2.11. The van der Waals surface area contributed by atoms with Crippen molar-refractivity contribution in [3.8, 4) is 0 Å². The van der Waals surface area contributed by atoms with Crippen molar-refractivity contribution in [2.75, 3.05) is 0 Å². The van der Waals surface area contributed by atoms with Crippen LogP contribution in [0.2, 0.25) is 0 Å². The molecule has 1 heterocycles. The number of rotatable bonds is 4. The Morgan fingerprint density at radius 2 is 1.82 bits per heavy atom. The molecule has 22 heavy (non-hydrogen) atoms. The number of fused-ring (bicyclic) bond motifs is 1. The third-order valence-corrected chi connectivity index (χ3v) is 3.75. The van der Waals surface area contributed by atoms with Crippen LogP contribution in [-0.2, 0) is 13.0 Å². The summed E-state index contributed by atoms with van der Waals surface area (Å²) in [5.41, 5.74) is 4.97. The number of hydrogen-bond donors (Lipinski definition) is 0. The molecule has 0 aliphatic heterocycles. The first-order valence-corrected chi connectivity index (χ1v) is 7.63. The quantitative estimate of drug-likeness (QED) is 0.661. The third-order valence-electron chi connectivity index (χ3n) is 3.75. The van der Waals surface area contributed by atoms with E-state index in [9.17, 15) is 0 Å². The minimum atomic E-state index is 0. The fourth-order valence-corrected chi connectivity index (χ4v) is 2.82. The molecule has 2 aromatic carbocycles. The molecule has 0 radical (unpaired) electrons. The van der Waals surface area contributed by atoms with Gasteiger partial charge in [-0.2, -0.15) is 0 Å². The van der Waals surface area contributed by atoms with E-state index < -0.39 is 0 Å². The molecule has 0 fully saturated rings. The van der Waals surface area contributed by atoms with E-state index in [-0.39, 0.29) is 12.4 Å². The molecular formula is C19H23ClN2. The minimum absolute atomic E-state index is 0. The van der Waals surface area contributed by atoms with Crippen LogP contribution in [-0.4, -0.2) is 9.55 Å². The second kappa shape index (κ2) is 6.97. The molecule has 116 valence electrons. The molecule has 0 aliphatic carbocycles. The van der Waals surface area contributed by atoms with E-state index >= 15 is 0 Å². The SMILES string of the molecule is Cc1cccc(Cn2c(CC(C)C)nc3ccccc32)c1.Cl. The Bertz CT molecular complexity index is 759. The summed E-state index contributed by atoms with van der Waals surface area (Å²) in [5.74, 6) is 1.80. The maximum absolute atomic E-state index is 4.83. The maximum atomic E-state index is 4.83. The summed E-state index contributed by atoms with van der Waals surface area (Å²) in [4.78, 5) is 4.83. The fourth-order valence-electron chi connectivity index (χ4n) is 2.82. The lowest BCUT2D eigenvalue weighted by molar-refractivity contribution is 0.595. The zero-order chi connectivity index (χ0) is 14.8. The number of imidazole rings is 1. The number of halogens is 1. The molecular weight excluding hydrogens is 292 g/mol. The third kappa shape index (κ3) is 3.50. The van der Waals surface area contributed by atoms with E-state index in [2.05, 4.69) is 73.9 Å². The van der Waals surface area contributed by atoms with Crippen LogP contribution in [0.5, 0.6) is 0 Å². The fraction of sp³-hybridized carbons (Fsp3) is 0.316. The number of nitrogens with zero attached hydrogens (tertiary/aromatic N) is 2. The maximum Gasteiger partial charge on any atom is 0.110 e. The number of para-hydroxylation sites is 2. The van der Waals surface area contributed by atoms with Gasteiger partial charge in [-0.05, 0) is 30.5 Å². The van der Waals surface area contributed by atoms with Gasteiger partial charge in [-0.1, -0.05) is 55.8 Å². The van der Waals surface area contributed by atoms with Gasteiger partial charge in [0.15, 0.2) is 0 Å². The molecule has 0 N–H and O–H groups in total. The Balaban J connectivity index is 0.00000176. The molecule has 2 nitrogen and oxygen atoms in total. The topological polar surface area (TPSA) is 17.8 Å². The smallest absolute Gasteiger partial charge is 0.110 e. The Morgan fingerprint density at radius 3 is 2.55 bits per heavy atom. The van der Waals surface area contributed by atoms with Gasteiger partial charge in [0, 0.05) is 13.0 Å². The van der Waals surface area contributed by atoms with E-state index in [1.807, 2.05) is 0 Å². The number of aryl methyl sites for hydroxylation is 1. The summed E-state index contributed by atoms with van der Waals surface area (Å²) in [7, 11) is 0. The molecule has 0 amide bonds. The molecule has 0 saturated heterocycles. The molecule has 0 saturated carbocycles. The van der Waals surface area contributed by atoms with Crippen LogP contribution in [0.3, 0.4) is 0 Å². The minimum Gasteiger partial charge on any atom is -0.323 e. The first-order chi connectivity index (χ1) is 10.1. The van der Waals surface area contributed by atoms with Crippen molar-refractivity contribution in [3.63, 3.8) is 0 Å². The normalized spacial score (nSPS) is 10.9. The Morgan fingerprint density at radius 1 is 1.05 bits per heavy atom. The largest absolute Gasteiger partial charge is 0.323 e. The van der Waals surface area contributed by atoms with Crippen LogP contribution >= 0.6 is 12.4 Å². The molecule has 3 rings (SSSR count). The highest BCUT2D eigenvalue weighted by atomic mass is 35.5. The number of benzene rings is 2. The van der Waals surface area contributed by atoms with Crippen LogP contribution in [0.25, 0.3) is 11.0 Å². The molecule has 0 spiro atoms. The average Bonchev–Trinajstić information content (AvgIpc) is 2.76. The predicted molar refractivity (Wildman–Crippen MR) is 95.8 cm³/mol. The van der Waals surface area contributed by atoms with Gasteiger partial charge in [0.05, 0.1) is 11.0 Å². The van der Waals surface area contributed by atoms with Crippen molar-refractivity contribution in [1.82, 2.24) is 9.55 Å². The lowest BCUT2D eigenvalue weighted by Crippen LogP contribution is -2.08. The van der Waals surface area contributed by atoms with Crippen LogP contribution < -0.4 is 0 Å². The van der Waals surface area contributed by atoms with Crippen molar-refractivity contribution in [1.29, 1.82) is 0 Å². The molecule has 0 aliphatic rings. The van der Waals surface area contributed by atoms with Gasteiger partial charge < -0.3 is 4.57 Å². The highest BCUT2D eigenvalue weighted by Crippen LogP contribution is 2.20. The van der Waals surface area contributed by atoms with E-state index in [1.54, 1.807) is 0 Å². The lowest BCUT2D eigenvalue weighted by atomic mass is 10.1. The Labute approximate surface area is 138 Å². The molecule has 3 aromatic rings. The molecule has 1 aromatic heterocycles. The van der Waals surface area contributed by atoms with Crippen LogP contribution in [0.4, 0.5) is 0 Å². The summed E-state index contributed by atoms with van der Waals surface area (Å²) in [6.07, 6.45) is 1.01. The van der Waals surface area contributed by atoms with E-state index in [4.69, 9.17) is 4.98 Å². The van der Waals surface area contributed by atoms with Crippen molar-refractivity contribution < 1.29 is 0 Å². The summed E-state index contributed by atoms with van der Waals surface area (Å²) >= 11 is 0.